The molecule has 7 nitrogen and oxygen atoms in total. The molecule has 2 N–H and O–H groups in total. The van der Waals surface area contributed by atoms with E-state index in [2.05, 4.69) is 4.98 Å². The number of amides is 1. The normalized spacial score (nSPS) is 19.3. The van der Waals surface area contributed by atoms with Crippen molar-refractivity contribution >= 4 is 22.8 Å². The molecule has 1 aliphatic heterocycles. The molecule has 1 unspecified atom stereocenters. The molecule has 202 valence electrons. The number of nitrogens with zero attached hydrogens (tertiary/aromatic N) is 3. The summed E-state index contributed by atoms with van der Waals surface area (Å²) in [5, 5.41) is 10.6. The number of carbonyl (C=O) groups is 1. The highest BCUT2D eigenvalue weighted by atomic mass is 19.3. The molecule has 14 heteroatoms. The van der Waals surface area contributed by atoms with E-state index >= 15 is 4.39 Å². The van der Waals surface area contributed by atoms with Crippen molar-refractivity contribution in [2.75, 3.05) is 18.0 Å². The Morgan fingerprint density at radius 3 is 2.29 bits per heavy atom. The molecule has 0 bridgehead atoms. The molecule has 0 spiro atoms. The maximum atomic E-state index is 15.1. The van der Waals surface area contributed by atoms with Crippen LogP contribution in [0.3, 0.4) is 0 Å². The quantitative estimate of drug-likeness (QED) is 0.366. The molecule has 2 atom stereocenters. The maximum Gasteiger partial charge on any atom is 0.290 e. The highest BCUT2D eigenvalue weighted by Crippen LogP contribution is 2.44. The van der Waals surface area contributed by atoms with Crippen molar-refractivity contribution in [1.29, 1.82) is 0 Å². The van der Waals surface area contributed by atoms with E-state index in [9.17, 15) is 41.0 Å². The van der Waals surface area contributed by atoms with Crippen LogP contribution in [0, 0.1) is 29.2 Å². The number of aromatic nitrogens is 2. The Hall–Kier alpha value is -3.68. The Kier molecular flexibility index (Phi) is 6.32. The Labute approximate surface area is 209 Å². The van der Waals surface area contributed by atoms with Gasteiger partial charge in [0.25, 0.3) is 12.3 Å². The first-order chi connectivity index (χ1) is 17.9. The molecule has 5 rings (SSSR count). The van der Waals surface area contributed by atoms with Gasteiger partial charge in [-0.25, -0.2) is 35.7 Å². The van der Waals surface area contributed by atoms with Crippen molar-refractivity contribution in [1.82, 2.24) is 14.9 Å². The summed E-state index contributed by atoms with van der Waals surface area (Å²) < 4.78 is 101. The van der Waals surface area contributed by atoms with E-state index in [0.29, 0.717) is 29.0 Å². The lowest BCUT2D eigenvalue weighted by Crippen LogP contribution is -2.53. The number of rotatable bonds is 6. The predicted molar refractivity (Wildman–Crippen MR) is 120 cm³/mol. The summed E-state index contributed by atoms with van der Waals surface area (Å²) in [6.07, 6.45) is -3.54. The second-order valence-corrected chi connectivity index (χ2v) is 9.31. The maximum absolute atomic E-state index is 15.1. The lowest BCUT2D eigenvalue weighted by molar-refractivity contribution is -0.0671. The van der Waals surface area contributed by atoms with Crippen LogP contribution in [0.5, 0.6) is 0 Å². The van der Waals surface area contributed by atoms with E-state index in [1.165, 1.54) is 10.2 Å². The zero-order chi connectivity index (χ0) is 27.5. The molecule has 1 aromatic carbocycles. The first-order valence-corrected chi connectivity index (χ1v) is 11.5. The number of aliphatic hydroxyl groups is 1. The molecule has 1 saturated heterocycles. The lowest BCUT2D eigenvalue weighted by atomic mass is 10.1. The number of alkyl halides is 3. The molecule has 2 fully saturated rings. The van der Waals surface area contributed by atoms with Gasteiger partial charge in [0.2, 0.25) is 11.2 Å². The molecule has 2 aromatic heterocycles. The smallest absolute Gasteiger partial charge is 0.290 e. The van der Waals surface area contributed by atoms with E-state index < -0.39 is 81.1 Å². The zero-order valence-electron chi connectivity index (χ0n) is 19.3. The third kappa shape index (κ3) is 4.36. The fourth-order valence-corrected chi connectivity index (χ4v) is 4.55. The fourth-order valence-electron chi connectivity index (χ4n) is 4.55. The van der Waals surface area contributed by atoms with Gasteiger partial charge in [-0.2, -0.15) is 0 Å². The molecule has 2 aliphatic rings. The van der Waals surface area contributed by atoms with Gasteiger partial charge >= 0.3 is 0 Å². The lowest BCUT2D eigenvalue weighted by Gasteiger charge is -2.26. The number of hydrogen-bond donors (Lipinski definition) is 2. The van der Waals surface area contributed by atoms with Crippen molar-refractivity contribution in [3.63, 3.8) is 0 Å². The number of fused-ring (bicyclic) bond motifs is 1. The van der Waals surface area contributed by atoms with Crippen LogP contribution in [0.4, 0.5) is 36.6 Å². The van der Waals surface area contributed by atoms with Crippen LogP contribution in [0.15, 0.2) is 29.2 Å². The van der Waals surface area contributed by atoms with E-state index in [1.54, 1.807) is 0 Å². The van der Waals surface area contributed by atoms with Crippen molar-refractivity contribution in [2.24, 2.45) is 5.92 Å². The number of aliphatic hydroxyl groups excluding tert-OH is 1. The Bertz CT molecular complexity index is 1480. The number of carbonyl (C=O) groups excluding carboxylic acids is 1. The minimum atomic E-state index is -3.65. The standard InChI is InChI=1S/C24H19F7N4O3/c25-11-5-15(26)18(16(27)6-11)35-9-14(22(38)33-24(31,23(29)30)10-1-2-10)19(37)13-7-17(28)21(32-20(13)35)34-4-3-12(36)8-34/h5-7,9-10,12,23,36H,1-4,8H2,(H,33,38)/t12-,24?/m0/s1. The van der Waals surface area contributed by atoms with Gasteiger partial charge < -0.3 is 15.3 Å². The molecular weight excluding hydrogens is 525 g/mol. The number of β-amino-alcohol motifs (C(OH)–C–C–N with tert-alkyl or cyclic N) is 1. The summed E-state index contributed by atoms with van der Waals surface area (Å²) in [4.78, 5) is 31.4. The zero-order valence-corrected chi connectivity index (χ0v) is 19.3. The third-order valence-electron chi connectivity index (χ3n) is 6.64. The minimum Gasteiger partial charge on any atom is -0.391 e. The Morgan fingerprint density at radius 1 is 1.08 bits per heavy atom. The minimum absolute atomic E-state index is 0.0349. The first-order valence-electron chi connectivity index (χ1n) is 11.5. The van der Waals surface area contributed by atoms with Crippen LogP contribution >= 0.6 is 0 Å². The van der Waals surface area contributed by atoms with Gasteiger partial charge in [0.15, 0.2) is 28.9 Å². The summed E-state index contributed by atoms with van der Waals surface area (Å²) in [7, 11) is 0. The van der Waals surface area contributed by atoms with Crippen molar-refractivity contribution in [2.45, 2.75) is 37.6 Å². The average molecular weight is 544 g/mol. The van der Waals surface area contributed by atoms with Gasteiger partial charge in [-0.05, 0) is 25.3 Å². The summed E-state index contributed by atoms with van der Waals surface area (Å²) in [6, 6.07) is 1.24. The van der Waals surface area contributed by atoms with Gasteiger partial charge in [0.05, 0.1) is 11.5 Å². The topological polar surface area (TPSA) is 87.5 Å². The van der Waals surface area contributed by atoms with Crippen molar-refractivity contribution in [3.8, 4) is 5.69 Å². The Balaban J connectivity index is 1.74. The van der Waals surface area contributed by atoms with Crippen LogP contribution in [-0.2, 0) is 0 Å². The van der Waals surface area contributed by atoms with Crippen LogP contribution in [0.2, 0.25) is 0 Å². The Morgan fingerprint density at radius 2 is 1.74 bits per heavy atom. The summed E-state index contributed by atoms with van der Waals surface area (Å²) in [5.74, 6) is -12.0. The van der Waals surface area contributed by atoms with Crippen molar-refractivity contribution < 1.29 is 40.6 Å². The molecule has 0 radical (unpaired) electrons. The number of anilines is 1. The summed E-state index contributed by atoms with van der Waals surface area (Å²) >= 11 is 0. The molecular formula is C24H19F7N4O3. The average Bonchev–Trinajstić information content (AvgIpc) is 3.61. The van der Waals surface area contributed by atoms with Crippen LogP contribution in [-0.4, -0.2) is 52.0 Å². The molecule has 3 heterocycles. The predicted octanol–water partition coefficient (Wildman–Crippen LogP) is 3.58. The number of halogens is 7. The van der Waals surface area contributed by atoms with Crippen LogP contribution < -0.4 is 15.6 Å². The van der Waals surface area contributed by atoms with Gasteiger partial charge in [-0.1, -0.05) is 0 Å². The van der Waals surface area contributed by atoms with Gasteiger partial charge in [0, 0.05) is 37.3 Å². The number of hydrogen-bond acceptors (Lipinski definition) is 5. The number of benzene rings is 1. The molecule has 1 amide bonds. The van der Waals surface area contributed by atoms with E-state index in [4.69, 9.17) is 0 Å². The van der Waals surface area contributed by atoms with Crippen LogP contribution in [0.25, 0.3) is 16.7 Å². The monoisotopic (exact) mass is 544 g/mol. The molecule has 1 saturated carbocycles. The molecule has 3 aromatic rings. The summed E-state index contributed by atoms with van der Waals surface area (Å²) in [6.45, 7) is 0.126. The van der Waals surface area contributed by atoms with E-state index in [1.807, 2.05) is 0 Å². The second-order valence-electron chi connectivity index (χ2n) is 9.31. The third-order valence-corrected chi connectivity index (χ3v) is 6.64. The van der Waals surface area contributed by atoms with E-state index in [0.717, 1.165) is 0 Å². The van der Waals surface area contributed by atoms with Gasteiger partial charge in [0.1, 0.15) is 17.1 Å². The highest BCUT2D eigenvalue weighted by molar-refractivity contribution is 5.97. The fraction of sp³-hybridized carbons (Fsp3) is 0.375. The number of nitrogens with one attached hydrogen (secondary N) is 1. The van der Waals surface area contributed by atoms with Gasteiger partial charge in [-0.15, -0.1) is 0 Å². The SMILES string of the molecule is O=C(NC(F)(C(F)F)C1CC1)c1cn(-c2c(F)cc(F)cc2F)c2nc(N3CC[C@H](O)C3)c(F)cc2c1=O. The van der Waals surface area contributed by atoms with Gasteiger partial charge in [-0.3, -0.25) is 14.2 Å². The first kappa shape index (κ1) is 25.9. The summed E-state index contributed by atoms with van der Waals surface area (Å²) in [5.41, 5.74) is -3.88. The number of pyridine rings is 2. The molecule has 38 heavy (non-hydrogen) atoms. The van der Waals surface area contributed by atoms with Crippen molar-refractivity contribution in [3.05, 3.63) is 63.5 Å². The molecule has 1 aliphatic carbocycles. The largest absolute Gasteiger partial charge is 0.391 e. The van der Waals surface area contributed by atoms with Crippen LogP contribution in [0.1, 0.15) is 29.6 Å². The van der Waals surface area contributed by atoms with E-state index in [-0.39, 0.29) is 38.2 Å². The second kappa shape index (κ2) is 9.26. The highest BCUT2D eigenvalue weighted by Gasteiger charge is 2.54.